The van der Waals surface area contributed by atoms with Crippen LogP contribution in [0.2, 0.25) is 0 Å². The van der Waals surface area contributed by atoms with E-state index in [1.54, 1.807) is 6.26 Å². The van der Waals surface area contributed by atoms with Gasteiger partial charge < -0.3 is 9.73 Å². The lowest BCUT2D eigenvalue weighted by molar-refractivity contribution is 0.262. The summed E-state index contributed by atoms with van der Waals surface area (Å²) in [6.07, 6.45) is 1.77. The molecule has 1 aromatic heterocycles. The molecular weight excluding hydrogens is 276 g/mol. The van der Waals surface area contributed by atoms with Crippen molar-refractivity contribution < 1.29 is 12.8 Å². The average Bonchev–Trinajstić information content (AvgIpc) is 2.76. The Balaban J connectivity index is 1.84. The van der Waals surface area contributed by atoms with Crippen LogP contribution in [0, 0.1) is 0 Å². The van der Waals surface area contributed by atoms with Crippen molar-refractivity contribution >= 4 is 9.84 Å². The van der Waals surface area contributed by atoms with Gasteiger partial charge in [-0.25, -0.2) is 8.42 Å². The van der Waals surface area contributed by atoms with Crippen LogP contribution in [0.3, 0.4) is 0 Å². The molecule has 1 aliphatic heterocycles. The number of hydrogen-bond acceptors (Lipinski definition) is 5. The lowest BCUT2D eigenvalue weighted by Crippen LogP contribution is -2.39. The van der Waals surface area contributed by atoms with Gasteiger partial charge in [-0.1, -0.05) is 0 Å². The number of sulfone groups is 1. The van der Waals surface area contributed by atoms with Crippen molar-refractivity contribution in [2.24, 2.45) is 0 Å². The zero-order valence-electron chi connectivity index (χ0n) is 12.5. The zero-order valence-corrected chi connectivity index (χ0v) is 13.3. The molecule has 1 N–H and O–H groups in total. The van der Waals surface area contributed by atoms with E-state index in [1.807, 2.05) is 6.07 Å². The Bertz CT molecular complexity index is 529. The van der Waals surface area contributed by atoms with Crippen LogP contribution in [0.1, 0.15) is 32.1 Å². The van der Waals surface area contributed by atoms with Gasteiger partial charge in [0.05, 0.1) is 24.3 Å². The number of hydrogen-bond donors (Lipinski definition) is 1. The minimum Gasteiger partial charge on any atom is -0.468 e. The second kappa shape index (κ2) is 5.87. The third-order valence-electron chi connectivity index (χ3n) is 3.35. The second-order valence-corrected chi connectivity index (χ2v) is 8.76. The molecule has 0 unspecified atom stereocenters. The minimum atomic E-state index is -2.81. The first kappa shape index (κ1) is 15.5. The SMILES string of the molecule is CC(C)(C)NCc1coc(CN2CCS(=O)(=O)CC2)c1. The van der Waals surface area contributed by atoms with Gasteiger partial charge in [0.2, 0.25) is 0 Å². The fourth-order valence-electron chi connectivity index (χ4n) is 2.10. The molecule has 2 heterocycles. The first-order valence-electron chi connectivity index (χ1n) is 6.98. The van der Waals surface area contributed by atoms with Crippen molar-refractivity contribution in [1.29, 1.82) is 0 Å². The van der Waals surface area contributed by atoms with Crippen LogP contribution >= 0.6 is 0 Å². The van der Waals surface area contributed by atoms with E-state index in [0.29, 0.717) is 19.6 Å². The van der Waals surface area contributed by atoms with E-state index in [-0.39, 0.29) is 17.0 Å². The Labute approximate surface area is 121 Å². The predicted molar refractivity (Wildman–Crippen MR) is 79.2 cm³/mol. The molecule has 114 valence electrons. The Morgan fingerprint density at radius 2 is 1.95 bits per heavy atom. The summed E-state index contributed by atoms with van der Waals surface area (Å²) in [4.78, 5) is 2.13. The Kier molecular flexibility index (Phi) is 4.56. The standard InChI is InChI=1S/C14H24N2O3S/c1-14(2,3)15-9-12-8-13(19-11-12)10-16-4-6-20(17,18)7-5-16/h8,11,15H,4-7,9-10H2,1-3H3. The summed E-state index contributed by atoms with van der Waals surface area (Å²) in [6.45, 7) is 9.04. The lowest BCUT2D eigenvalue weighted by Gasteiger charge is -2.25. The minimum absolute atomic E-state index is 0.0820. The van der Waals surface area contributed by atoms with Gasteiger partial charge in [0, 0.05) is 30.7 Å². The molecule has 6 heteroatoms. The van der Waals surface area contributed by atoms with Gasteiger partial charge in [-0.15, -0.1) is 0 Å². The molecule has 1 fully saturated rings. The summed E-state index contributed by atoms with van der Waals surface area (Å²) in [7, 11) is -2.81. The molecule has 0 atom stereocenters. The average molecular weight is 300 g/mol. The van der Waals surface area contributed by atoms with Crippen LogP contribution in [-0.4, -0.2) is 43.5 Å². The molecule has 0 amide bonds. The van der Waals surface area contributed by atoms with Crippen LogP contribution < -0.4 is 5.32 Å². The normalized spacial score (nSPS) is 20.1. The summed E-state index contributed by atoms with van der Waals surface area (Å²) < 4.78 is 28.3. The van der Waals surface area contributed by atoms with E-state index in [1.165, 1.54) is 0 Å². The van der Waals surface area contributed by atoms with Crippen LogP contribution in [0.4, 0.5) is 0 Å². The molecule has 20 heavy (non-hydrogen) atoms. The highest BCUT2D eigenvalue weighted by molar-refractivity contribution is 7.91. The third-order valence-corrected chi connectivity index (χ3v) is 4.96. The molecule has 0 spiro atoms. The van der Waals surface area contributed by atoms with Crippen molar-refractivity contribution in [1.82, 2.24) is 10.2 Å². The molecule has 1 aliphatic rings. The quantitative estimate of drug-likeness (QED) is 0.910. The Morgan fingerprint density at radius 1 is 1.30 bits per heavy atom. The highest BCUT2D eigenvalue weighted by atomic mass is 32.2. The van der Waals surface area contributed by atoms with Gasteiger partial charge in [0.15, 0.2) is 9.84 Å². The van der Waals surface area contributed by atoms with Crippen LogP contribution in [0.5, 0.6) is 0 Å². The van der Waals surface area contributed by atoms with Crippen molar-refractivity contribution in [2.75, 3.05) is 24.6 Å². The smallest absolute Gasteiger partial charge is 0.152 e. The van der Waals surface area contributed by atoms with Gasteiger partial charge in [-0.05, 0) is 26.8 Å². The summed E-state index contributed by atoms with van der Waals surface area (Å²) in [5.74, 6) is 1.41. The Hall–Kier alpha value is -0.850. The van der Waals surface area contributed by atoms with Crippen LogP contribution in [0.15, 0.2) is 16.7 Å². The van der Waals surface area contributed by atoms with Gasteiger partial charge in [-0.2, -0.15) is 0 Å². The van der Waals surface area contributed by atoms with Gasteiger partial charge in [-0.3, -0.25) is 4.90 Å². The molecular formula is C14H24N2O3S. The molecule has 0 saturated carbocycles. The monoisotopic (exact) mass is 300 g/mol. The number of furan rings is 1. The van der Waals surface area contributed by atoms with Crippen LogP contribution in [0.25, 0.3) is 0 Å². The lowest BCUT2D eigenvalue weighted by atomic mass is 10.1. The molecule has 0 bridgehead atoms. The fraction of sp³-hybridized carbons (Fsp3) is 0.714. The number of rotatable bonds is 4. The fourth-order valence-corrected chi connectivity index (χ4v) is 3.37. The first-order chi connectivity index (χ1) is 9.23. The van der Waals surface area contributed by atoms with Gasteiger partial charge in [0.1, 0.15) is 5.76 Å². The maximum atomic E-state index is 11.4. The van der Waals surface area contributed by atoms with E-state index in [2.05, 4.69) is 31.0 Å². The molecule has 0 aliphatic carbocycles. The van der Waals surface area contributed by atoms with Crippen molar-refractivity contribution in [2.45, 2.75) is 39.4 Å². The predicted octanol–water partition coefficient (Wildman–Crippen LogP) is 1.40. The van der Waals surface area contributed by atoms with E-state index >= 15 is 0 Å². The molecule has 0 aromatic carbocycles. The summed E-state index contributed by atoms with van der Waals surface area (Å²) in [5, 5.41) is 3.41. The molecule has 5 nitrogen and oxygen atoms in total. The third kappa shape index (κ3) is 4.92. The summed E-state index contributed by atoms with van der Waals surface area (Å²) >= 11 is 0. The molecule has 2 rings (SSSR count). The van der Waals surface area contributed by atoms with Crippen molar-refractivity contribution in [3.05, 3.63) is 23.7 Å². The van der Waals surface area contributed by atoms with Gasteiger partial charge in [0.25, 0.3) is 0 Å². The summed E-state index contributed by atoms with van der Waals surface area (Å²) in [5.41, 5.74) is 1.21. The van der Waals surface area contributed by atoms with Crippen LogP contribution in [-0.2, 0) is 22.9 Å². The van der Waals surface area contributed by atoms with Crippen molar-refractivity contribution in [3.63, 3.8) is 0 Å². The highest BCUT2D eigenvalue weighted by Gasteiger charge is 2.22. The highest BCUT2D eigenvalue weighted by Crippen LogP contribution is 2.14. The first-order valence-corrected chi connectivity index (χ1v) is 8.80. The van der Waals surface area contributed by atoms with Gasteiger partial charge >= 0.3 is 0 Å². The maximum absolute atomic E-state index is 11.4. The van der Waals surface area contributed by atoms with E-state index < -0.39 is 9.84 Å². The molecule has 1 saturated heterocycles. The van der Waals surface area contributed by atoms with E-state index in [0.717, 1.165) is 17.9 Å². The summed E-state index contributed by atoms with van der Waals surface area (Å²) in [6, 6.07) is 2.04. The number of nitrogens with zero attached hydrogens (tertiary/aromatic N) is 1. The number of nitrogens with one attached hydrogen (secondary N) is 1. The topological polar surface area (TPSA) is 62.6 Å². The van der Waals surface area contributed by atoms with Crippen molar-refractivity contribution in [3.8, 4) is 0 Å². The van der Waals surface area contributed by atoms with E-state index in [4.69, 9.17) is 4.42 Å². The van der Waals surface area contributed by atoms with E-state index in [9.17, 15) is 8.42 Å². The maximum Gasteiger partial charge on any atom is 0.152 e. The largest absolute Gasteiger partial charge is 0.468 e. The molecule has 1 aromatic rings. The molecule has 0 radical (unpaired) electrons. The zero-order chi connectivity index (χ0) is 14.8. The Morgan fingerprint density at radius 3 is 2.55 bits per heavy atom. The second-order valence-electron chi connectivity index (χ2n) is 6.45.